The van der Waals surface area contributed by atoms with Crippen LogP contribution in [0.25, 0.3) is 0 Å². The molecule has 2 aliphatic heterocycles. The van der Waals surface area contributed by atoms with Gasteiger partial charge in [0, 0.05) is 43.5 Å². The van der Waals surface area contributed by atoms with Crippen LogP contribution in [0.1, 0.15) is 41.0 Å². The Hall–Kier alpha value is -2.19. The van der Waals surface area contributed by atoms with Crippen molar-refractivity contribution in [2.24, 2.45) is 0 Å². The molecular weight excluding hydrogens is 358 g/mol. The van der Waals surface area contributed by atoms with Crippen LogP contribution in [-0.4, -0.2) is 81.4 Å². The molecule has 1 aromatic heterocycles. The van der Waals surface area contributed by atoms with Crippen molar-refractivity contribution < 1.29 is 14.7 Å². The van der Waals surface area contributed by atoms with Crippen LogP contribution in [0.15, 0.2) is 12.7 Å². The second kappa shape index (κ2) is 7.33. The lowest BCUT2D eigenvalue weighted by atomic mass is 9.81. The number of carbonyl (C=O) groups is 2. The number of aromatic carboxylic acids is 1. The Morgan fingerprint density at radius 2 is 2.14 bits per heavy atom. The minimum Gasteiger partial charge on any atom is -0.476 e. The first-order valence-electron chi connectivity index (χ1n) is 10.1. The summed E-state index contributed by atoms with van der Waals surface area (Å²) in [5, 5.41) is 16.9. The maximum absolute atomic E-state index is 12.6. The molecule has 152 valence electrons. The number of hydrogen-bond acceptors (Lipinski definition) is 5. The van der Waals surface area contributed by atoms with Crippen LogP contribution in [0.3, 0.4) is 0 Å². The first-order chi connectivity index (χ1) is 13.5. The molecule has 0 bridgehead atoms. The highest BCUT2D eigenvalue weighted by molar-refractivity contribution is 5.88. The van der Waals surface area contributed by atoms with Gasteiger partial charge in [-0.05, 0) is 39.2 Å². The van der Waals surface area contributed by atoms with Crippen LogP contribution < -0.4 is 5.32 Å². The van der Waals surface area contributed by atoms with Crippen LogP contribution in [-0.2, 0) is 24.2 Å². The van der Waals surface area contributed by atoms with E-state index in [1.54, 1.807) is 10.8 Å². The number of likely N-dealkylation sites (N-methyl/N-ethyl adjacent to an activating group) is 1. The zero-order valence-corrected chi connectivity index (χ0v) is 16.5. The minimum absolute atomic E-state index is 0.158. The highest BCUT2D eigenvalue weighted by atomic mass is 16.4. The van der Waals surface area contributed by atoms with Crippen LogP contribution in [0.2, 0.25) is 0 Å². The van der Waals surface area contributed by atoms with E-state index in [1.807, 2.05) is 0 Å². The normalized spacial score (nSPS) is 25.3. The second-order valence-corrected chi connectivity index (χ2v) is 8.19. The summed E-state index contributed by atoms with van der Waals surface area (Å²) in [7, 11) is 2.05. The Labute approximate surface area is 165 Å². The van der Waals surface area contributed by atoms with Crippen molar-refractivity contribution in [3.63, 3.8) is 0 Å². The molecule has 2 saturated heterocycles. The summed E-state index contributed by atoms with van der Waals surface area (Å²) in [6.07, 6.45) is 5.92. The van der Waals surface area contributed by atoms with Gasteiger partial charge in [0.05, 0.1) is 6.54 Å². The Morgan fingerprint density at radius 3 is 2.79 bits per heavy atom. The fourth-order valence-electron chi connectivity index (χ4n) is 5.18. The molecule has 1 amide bonds. The molecule has 4 rings (SSSR count). The van der Waals surface area contributed by atoms with Crippen molar-refractivity contribution in [3.8, 4) is 0 Å². The Balaban J connectivity index is 1.49. The quantitative estimate of drug-likeness (QED) is 0.732. The molecule has 2 fully saturated rings. The monoisotopic (exact) mass is 387 g/mol. The molecule has 0 unspecified atom stereocenters. The molecule has 0 radical (unpaired) electrons. The van der Waals surface area contributed by atoms with E-state index in [-0.39, 0.29) is 17.1 Å². The minimum atomic E-state index is -0.960. The molecule has 0 aromatic carbocycles. The van der Waals surface area contributed by atoms with E-state index in [1.165, 1.54) is 0 Å². The van der Waals surface area contributed by atoms with Gasteiger partial charge in [-0.15, -0.1) is 6.58 Å². The van der Waals surface area contributed by atoms with Crippen molar-refractivity contribution in [1.29, 1.82) is 0 Å². The molecule has 28 heavy (non-hydrogen) atoms. The number of likely N-dealkylation sites (tertiary alicyclic amines) is 1. The number of piperidine rings is 1. The number of piperazine rings is 1. The Bertz CT molecular complexity index is 794. The molecule has 1 aliphatic carbocycles. The van der Waals surface area contributed by atoms with Crippen molar-refractivity contribution in [1.82, 2.24) is 24.9 Å². The first kappa shape index (κ1) is 19.1. The Morgan fingerprint density at radius 1 is 1.39 bits per heavy atom. The molecule has 0 saturated carbocycles. The maximum Gasteiger partial charge on any atom is 0.356 e. The van der Waals surface area contributed by atoms with E-state index < -0.39 is 5.97 Å². The zero-order valence-electron chi connectivity index (χ0n) is 16.5. The number of nitrogens with zero attached hydrogens (tertiary/aromatic N) is 4. The number of allylic oxidation sites excluding steroid dienone is 1. The number of carboxylic acid groups (broad SMARTS) is 1. The number of rotatable bonds is 4. The summed E-state index contributed by atoms with van der Waals surface area (Å²) in [5.74, 6) is -0.802. The highest BCUT2D eigenvalue weighted by Crippen LogP contribution is 2.34. The van der Waals surface area contributed by atoms with E-state index in [0.29, 0.717) is 19.0 Å². The number of nitrogens with one attached hydrogen (secondary N) is 1. The lowest BCUT2D eigenvalue weighted by Gasteiger charge is -2.50. The molecule has 8 heteroatoms. The predicted molar refractivity (Wildman–Crippen MR) is 104 cm³/mol. The van der Waals surface area contributed by atoms with Crippen molar-refractivity contribution in [2.75, 3.05) is 33.2 Å². The summed E-state index contributed by atoms with van der Waals surface area (Å²) < 4.78 is 1.79. The molecule has 3 aliphatic rings. The number of fused-ring (bicyclic) bond motifs is 1. The number of aromatic nitrogens is 2. The molecule has 3 heterocycles. The molecule has 1 aromatic rings. The second-order valence-electron chi connectivity index (χ2n) is 8.19. The van der Waals surface area contributed by atoms with Gasteiger partial charge in [-0.25, -0.2) is 4.79 Å². The van der Waals surface area contributed by atoms with E-state index in [2.05, 4.69) is 33.8 Å². The fraction of sp³-hybridized carbons (Fsp3) is 0.650. The third-order valence-corrected chi connectivity index (χ3v) is 6.85. The van der Waals surface area contributed by atoms with Gasteiger partial charge in [-0.3, -0.25) is 19.3 Å². The van der Waals surface area contributed by atoms with Gasteiger partial charge in [0.2, 0.25) is 5.91 Å². The van der Waals surface area contributed by atoms with Gasteiger partial charge in [-0.2, -0.15) is 5.10 Å². The summed E-state index contributed by atoms with van der Waals surface area (Å²) in [6, 6.07) is 0.307. The summed E-state index contributed by atoms with van der Waals surface area (Å²) in [6.45, 7) is 7.62. The van der Waals surface area contributed by atoms with Crippen LogP contribution >= 0.6 is 0 Å². The van der Waals surface area contributed by atoms with E-state index in [0.717, 1.165) is 63.1 Å². The molecule has 1 atom stereocenters. The van der Waals surface area contributed by atoms with Gasteiger partial charge in [0.15, 0.2) is 5.69 Å². The largest absolute Gasteiger partial charge is 0.476 e. The third-order valence-electron chi connectivity index (χ3n) is 6.85. The molecular formula is C20H29N5O3. The Kier molecular flexibility index (Phi) is 5.01. The average Bonchev–Trinajstić information content (AvgIpc) is 3.05. The van der Waals surface area contributed by atoms with Gasteiger partial charge in [-0.1, -0.05) is 6.08 Å². The van der Waals surface area contributed by atoms with E-state index in [4.69, 9.17) is 0 Å². The maximum atomic E-state index is 12.6. The van der Waals surface area contributed by atoms with Gasteiger partial charge in [0.25, 0.3) is 0 Å². The smallest absolute Gasteiger partial charge is 0.356 e. The van der Waals surface area contributed by atoms with Gasteiger partial charge < -0.3 is 10.4 Å². The number of carboxylic acids is 1. The van der Waals surface area contributed by atoms with Gasteiger partial charge in [0.1, 0.15) is 5.54 Å². The van der Waals surface area contributed by atoms with Crippen LogP contribution in [0, 0.1) is 0 Å². The van der Waals surface area contributed by atoms with Gasteiger partial charge >= 0.3 is 5.97 Å². The number of hydrogen-bond donors (Lipinski definition) is 2. The zero-order chi connectivity index (χ0) is 19.9. The van der Waals surface area contributed by atoms with E-state index in [9.17, 15) is 14.7 Å². The van der Waals surface area contributed by atoms with Crippen LogP contribution in [0.5, 0.6) is 0 Å². The third kappa shape index (κ3) is 3.04. The van der Waals surface area contributed by atoms with Crippen molar-refractivity contribution in [3.05, 3.63) is 29.6 Å². The number of amides is 1. The average molecular weight is 387 g/mol. The van der Waals surface area contributed by atoms with Crippen LogP contribution in [0.4, 0.5) is 0 Å². The fourth-order valence-corrected chi connectivity index (χ4v) is 5.18. The lowest BCUT2D eigenvalue weighted by Crippen LogP contribution is -2.67. The predicted octanol–water partition coefficient (Wildman–Crippen LogP) is 0.521. The summed E-state index contributed by atoms with van der Waals surface area (Å²) in [4.78, 5) is 28.9. The lowest BCUT2D eigenvalue weighted by molar-refractivity contribution is -0.140. The van der Waals surface area contributed by atoms with Crippen molar-refractivity contribution >= 4 is 11.9 Å². The SMILES string of the molecule is C=CCn1nc(C(=O)O)c2c1CC[C@@H](N1CCC3(CC1)C(=O)NCCN3C)C2. The van der Waals surface area contributed by atoms with Crippen molar-refractivity contribution in [2.45, 2.75) is 50.2 Å². The highest BCUT2D eigenvalue weighted by Gasteiger charge is 2.47. The number of carbonyl (C=O) groups excluding carboxylic acids is 1. The molecule has 8 nitrogen and oxygen atoms in total. The first-order valence-corrected chi connectivity index (χ1v) is 10.1. The standard InChI is InChI=1S/C20H29N5O3/c1-3-9-25-16-5-4-14(13-15(16)17(22-25)18(26)27)24-10-6-20(7-11-24)19(28)21-8-12-23(20)2/h3,14H,1,4-13H2,2H3,(H,21,28)(H,26,27)/t14-/m1/s1. The van der Waals surface area contributed by atoms with E-state index >= 15 is 0 Å². The molecule has 2 N–H and O–H groups in total. The topological polar surface area (TPSA) is 90.7 Å². The summed E-state index contributed by atoms with van der Waals surface area (Å²) in [5.41, 5.74) is 1.71. The summed E-state index contributed by atoms with van der Waals surface area (Å²) >= 11 is 0. The molecule has 1 spiro atoms.